The lowest BCUT2D eigenvalue weighted by Gasteiger charge is -2.05. The Bertz CT molecular complexity index is 537. The second kappa shape index (κ2) is 4.94. The molecular weight excluding hydrogens is 216 g/mol. The number of hydrogen-bond acceptors (Lipinski definition) is 3. The van der Waals surface area contributed by atoms with E-state index in [2.05, 4.69) is 10.3 Å². The van der Waals surface area contributed by atoms with Gasteiger partial charge in [0.1, 0.15) is 6.33 Å². The molecule has 1 aromatic heterocycles. The molecule has 2 rings (SSSR count). The van der Waals surface area contributed by atoms with Crippen LogP contribution in [0.5, 0.6) is 0 Å². The minimum absolute atomic E-state index is 0.230. The first-order valence-corrected chi connectivity index (χ1v) is 5.05. The summed E-state index contributed by atoms with van der Waals surface area (Å²) < 4.78 is 1.36. The van der Waals surface area contributed by atoms with Gasteiger partial charge in [-0.3, -0.25) is 4.57 Å². The van der Waals surface area contributed by atoms with Crippen molar-refractivity contribution >= 4 is 6.03 Å². The topological polar surface area (TPSA) is 70.7 Å². The average Bonchev–Trinajstić information content (AvgIpc) is 2.90. The predicted molar refractivity (Wildman–Crippen MR) is 61.0 cm³/mol. The van der Waals surface area contributed by atoms with Gasteiger partial charge in [-0.15, -0.1) is 0 Å². The molecule has 0 fully saturated rings. The second-order valence-corrected chi connectivity index (χ2v) is 3.44. The number of imidazole rings is 1. The molecule has 5 heteroatoms. The van der Waals surface area contributed by atoms with Crippen LogP contribution < -0.4 is 5.32 Å². The number of nitriles is 1. The number of aromatic nitrogens is 2. The Morgan fingerprint density at radius 1 is 1.41 bits per heavy atom. The molecule has 1 amide bonds. The summed E-state index contributed by atoms with van der Waals surface area (Å²) >= 11 is 0. The Kier molecular flexibility index (Phi) is 3.17. The second-order valence-electron chi connectivity index (χ2n) is 3.44. The average molecular weight is 226 g/mol. The highest BCUT2D eigenvalue weighted by Crippen LogP contribution is 2.02. The highest BCUT2D eigenvalue weighted by atomic mass is 16.2. The van der Waals surface area contributed by atoms with Crippen LogP contribution in [0.25, 0.3) is 0 Å². The molecular formula is C12H10N4O. The van der Waals surface area contributed by atoms with E-state index in [1.807, 2.05) is 18.2 Å². The van der Waals surface area contributed by atoms with Gasteiger partial charge in [0.2, 0.25) is 0 Å². The first-order chi connectivity index (χ1) is 8.29. The largest absolute Gasteiger partial charge is 0.333 e. The van der Waals surface area contributed by atoms with Gasteiger partial charge in [-0.25, -0.2) is 9.78 Å². The summed E-state index contributed by atoms with van der Waals surface area (Å²) in [6.07, 6.45) is 4.56. The number of nitrogens with one attached hydrogen (secondary N) is 1. The van der Waals surface area contributed by atoms with Crippen molar-refractivity contribution in [3.63, 3.8) is 0 Å². The summed E-state index contributed by atoms with van der Waals surface area (Å²) in [5, 5.41) is 11.4. The van der Waals surface area contributed by atoms with E-state index in [0.29, 0.717) is 12.1 Å². The first-order valence-electron chi connectivity index (χ1n) is 5.05. The molecule has 0 spiro atoms. The highest BCUT2D eigenvalue weighted by Gasteiger charge is 2.02. The van der Waals surface area contributed by atoms with Gasteiger partial charge in [-0.05, 0) is 17.7 Å². The number of amides is 1. The third-order valence-corrected chi connectivity index (χ3v) is 2.27. The van der Waals surface area contributed by atoms with Crippen LogP contribution in [-0.2, 0) is 6.54 Å². The Morgan fingerprint density at radius 2 is 2.18 bits per heavy atom. The Hall–Kier alpha value is -2.61. The van der Waals surface area contributed by atoms with Gasteiger partial charge in [0.05, 0.1) is 11.6 Å². The lowest BCUT2D eigenvalue weighted by molar-refractivity contribution is 0.242. The fourth-order valence-corrected chi connectivity index (χ4v) is 1.35. The molecule has 0 atom stereocenters. The number of hydrogen-bond donors (Lipinski definition) is 1. The molecule has 5 nitrogen and oxygen atoms in total. The van der Waals surface area contributed by atoms with Crippen LogP contribution in [0.15, 0.2) is 43.0 Å². The van der Waals surface area contributed by atoms with Crippen LogP contribution in [0.1, 0.15) is 11.1 Å². The standard InChI is InChI=1S/C12H10N4O/c13-7-10-1-3-11(4-2-10)8-15-12(17)16-6-5-14-9-16/h1-6,9H,8H2,(H,15,17). The number of carbonyl (C=O) groups is 1. The summed E-state index contributed by atoms with van der Waals surface area (Å²) in [6.45, 7) is 0.419. The fraction of sp³-hybridized carbons (Fsp3) is 0.0833. The van der Waals surface area contributed by atoms with Crippen molar-refractivity contribution in [2.24, 2.45) is 0 Å². The van der Waals surface area contributed by atoms with E-state index in [0.717, 1.165) is 5.56 Å². The summed E-state index contributed by atoms with van der Waals surface area (Å²) in [5.41, 5.74) is 1.55. The van der Waals surface area contributed by atoms with E-state index in [-0.39, 0.29) is 6.03 Å². The molecule has 0 aliphatic heterocycles. The maximum absolute atomic E-state index is 11.6. The molecule has 2 aromatic rings. The zero-order chi connectivity index (χ0) is 12.1. The van der Waals surface area contributed by atoms with Gasteiger partial charge >= 0.3 is 6.03 Å². The summed E-state index contributed by atoms with van der Waals surface area (Å²) in [7, 11) is 0. The van der Waals surface area contributed by atoms with Crippen molar-refractivity contribution in [1.29, 1.82) is 5.26 Å². The quantitative estimate of drug-likeness (QED) is 0.843. The number of carbonyl (C=O) groups excluding carboxylic acids is 1. The molecule has 0 unspecified atom stereocenters. The third kappa shape index (κ3) is 2.69. The van der Waals surface area contributed by atoms with E-state index in [1.165, 1.54) is 10.9 Å². The smallest absolute Gasteiger partial charge is 0.327 e. The first kappa shape index (κ1) is 10.9. The van der Waals surface area contributed by atoms with Gasteiger partial charge in [0.25, 0.3) is 0 Å². The van der Waals surface area contributed by atoms with E-state index in [9.17, 15) is 4.79 Å². The third-order valence-electron chi connectivity index (χ3n) is 2.27. The van der Waals surface area contributed by atoms with Crippen LogP contribution in [-0.4, -0.2) is 15.6 Å². The molecule has 1 heterocycles. The van der Waals surface area contributed by atoms with Crippen LogP contribution >= 0.6 is 0 Å². The zero-order valence-corrected chi connectivity index (χ0v) is 9.00. The van der Waals surface area contributed by atoms with Gasteiger partial charge in [0, 0.05) is 18.9 Å². The van der Waals surface area contributed by atoms with E-state index in [1.54, 1.807) is 24.5 Å². The fourth-order valence-electron chi connectivity index (χ4n) is 1.35. The molecule has 1 aromatic carbocycles. The van der Waals surface area contributed by atoms with Crippen molar-refractivity contribution < 1.29 is 4.79 Å². The van der Waals surface area contributed by atoms with Crippen molar-refractivity contribution in [2.45, 2.75) is 6.54 Å². The highest BCUT2D eigenvalue weighted by molar-refractivity contribution is 5.76. The van der Waals surface area contributed by atoms with Crippen LogP contribution in [0.4, 0.5) is 4.79 Å². The number of nitrogens with zero attached hydrogens (tertiary/aromatic N) is 3. The number of benzene rings is 1. The Labute approximate surface area is 98.3 Å². The molecule has 0 aliphatic carbocycles. The molecule has 17 heavy (non-hydrogen) atoms. The maximum atomic E-state index is 11.6. The minimum atomic E-state index is -0.230. The molecule has 84 valence electrons. The summed E-state index contributed by atoms with van der Waals surface area (Å²) in [5.74, 6) is 0. The van der Waals surface area contributed by atoms with Gasteiger partial charge < -0.3 is 5.32 Å². The summed E-state index contributed by atoms with van der Waals surface area (Å²) in [4.78, 5) is 15.3. The van der Waals surface area contributed by atoms with Crippen LogP contribution in [0.3, 0.4) is 0 Å². The van der Waals surface area contributed by atoms with Crippen LogP contribution in [0.2, 0.25) is 0 Å². The van der Waals surface area contributed by atoms with E-state index < -0.39 is 0 Å². The lowest BCUT2D eigenvalue weighted by Crippen LogP contribution is -2.26. The van der Waals surface area contributed by atoms with Crippen molar-refractivity contribution in [3.8, 4) is 6.07 Å². The van der Waals surface area contributed by atoms with Gasteiger partial charge in [-0.1, -0.05) is 12.1 Å². The van der Waals surface area contributed by atoms with E-state index >= 15 is 0 Å². The Balaban J connectivity index is 1.94. The predicted octanol–water partition coefficient (Wildman–Crippen LogP) is 1.51. The molecule has 0 bridgehead atoms. The van der Waals surface area contributed by atoms with Crippen molar-refractivity contribution in [1.82, 2.24) is 14.9 Å². The molecule has 0 aliphatic rings. The van der Waals surface area contributed by atoms with Crippen molar-refractivity contribution in [3.05, 3.63) is 54.1 Å². The zero-order valence-electron chi connectivity index (χ0n) is 9.00. The normalized spacial score (nSPS) is 9.59. The SMILES string of the molecule is N#Cc1ccc(CNC(=O)n2ccnc2)cc1. The monoisotopic (exact) mass is 226 g/mol. The Morgan fingerprint density at radius 3 is 2.76 bits per heavy atom. The van der Waals surface area contributed by atoms with Crippen molar-refractivity contribution in [2.75, 3.05) is 0 Å². The van der Waals surface area contributed by atoms with Crippen LogP contribution in [0, 0.1) is 11.3 Å². The molecule has 1 N–H and O–H groups in total. The summed E-state index contributed by atoms with van der Waals surface area (Å²) in [6, 6.07) is 8.88. The van der Waals surface area contributed by atoms with E-state index in [4.69, 9.17) is 5.26 Å². The minimum Gasteiger partial charge on any atom is -0.333 e. The number of rotatable bonds is 2. The maximum Gasteiger partial charge on any atom is 0.327 e. The molecule has 0 saturated heterocycles. The molecule has 0 saturated carbocycles. The lowest BCUT2D eigenvalue weighted by atomic mass is 10.1. The van der Waals surface area contributed by atoms with Gasteiger partial charge in [0.15, 0.2) is 0 Å². The van der Waals surface area contributed by atoms with Gasteiger partial charge in [-0.2, -0.15) is 5.26 Å². The molecule has 0 radical (unpaired) electrons.